The molecule has 2 aromatic rings. The van der Waals surface area contributed by atoms with Gasteiger partial charge < -0.3 is 14.5 Å². The Morgan fingerprint density at radius 1 is 1.11 bits per heavy atom. The number of amides is 2. The van der Waals surface area contributed by atoms with E-state index in [1.807, 2.05) is 7.05 Å². The van der Waals surface area contributed by atoms with Gasteiger partial charge in [0.1, 0.15) is 18.2 Å². The molecule has 3 heterocycles. The predicted molar refractivity (Wildman–Crippen MR) is 102 cm³/mol. The van der Waals surface area contributed by atoms with Crippen LogP contribution < -0.4 is 4.74 Å². The maximum absolute atomic E-state index is 13.7. The third-order valence-corrected chi connectivity index (χ3v) is 5.71. The molecule has 0 aromatic heterocycles. The van der Waals surface area contributed by atoms with Crippen molar-refractivity contribution >= 4 is 11.8 Å². The molecule has 28 heavy (non-hydrogen) atoms. The third-order valence-electron chi connectivity index (χ3n) is 5.71. The number of hydrogen-bond donors (Lipinski definition) is 0. The largest absolute Gasteiger partial charge is 0.489 e. The van der Waals surface area contributed by atoms with Crippen LogP contribution in [0.1, 0.15) is 28.8 Å². The van der Waals surface area contributed by atoms with Gasteiger partial charge in [-0.1, -0.05) is 18.2 Å². The number of likely N-dealkylation sites (N-methyl/N-ethyl adjacent to an activating group) is 1. The van der Waals surface area contributed by atoms with Crippen LogP contribution >= 0.6 is 0 Å². The molecule has 3 fully saturated rings. The Kier molecular flexibility index (Phi) is 5.03. The summed E-state index contributed by atoms with van der Waals surface area (Å²) < 4.78 is 19.3. The number of halogens is 1. The Bertz CT molecular complexity index is 884. The minimum absolute atomic E-state index is 0.0688. The number of nitrogens with zero attached hydrogens (tertiary/aromatic N) is 2. The second-order valence-corrected chi connectivity index (χ2v) is 7.49. The quantitative estimate of drug-likeness (QED) is 0.817. The molecule has 3 saturated heterocycles. The smallest absolute Gasteiger partial charge is 0.253 e. The summed E-state index contributed by atoms with van der Waals surface area (Å²) in [6.45, 7) is 1.18. The Morgan fingerprint density at radius 3 is 2.61 bits per heavy atom. The zero-order valence-corrected chi connectivity index (χ0v) is 15.8. The first kappa shape index (κ1) is 18.5. The van der Waals surface area contributed by atoms with Crippen molar-refractivity contribution in [3.63, 3.8) is 0 Å². The first-order valence-electron chi connectivity index (χ1n) is 9.55. The zero-order chi connectivity index (χ0) is 19.7. The van der Waals surface area contributed by atoms with Crippen LogP contribution in [0, 0.1) is 11.7 Å². The molecule has 0 radical (unpaired) electrons. The first-order chi connectivity index (χ1) is 13.5. The van der Waals surface area contributed by atoms with Gasteiger partial charge in [0, 0.05) is 37.3 Å². The van der Waals surface area contributed by atoms with E-state index in [2.05, 4.69) is 0 Å². The first-order valence-corrected chi connectivity index (χ1v) is 9.55. The van der Waals surface area contributed by atoms with Crippen LogP contribution in [0.4, 0.5) is 4.39 Å². The minimum Gasteiger partial charge on any atom is -0.489 e. The highest BCUT2D eigenvalue weighted by atomic mass is 19.1. The number of ether oxygens (including phenoxy) is 1. The summed E-state index contributed by atoms with van der Waals surface area (Å²) in [4.78, 5) is 28.8. The van der Waals surface area contributed by atoms with Gasteiger partial charge in [0.2, 0.25) is 5.91 Å². The van der Waals surface area contributed by atoms with Crippen molar-refractivity contribution in [1.82, 2.24) is 9.80 Å². The molecule has 5 nitrogen and oxygen atoms in total. The monoisotopic (exact) mass is 382 g/mol. The summed E-state index contributed by atoms with van der Waals surface area (Å²) in [6, 6.07) is 13.5. The average Bonchev–Trinajstić information content (AvgIpc) is 3.00. The predicted octanol–water partition coefficient (Wildman–Crippen LogP) is 3.10. The van der Waals surface area contributed by atoms with Crippen molar-refractivity contribution in [2.24, 2.45) is 5.92 Å². The summed E-state index contributed by atoms with van der Waals surface area (Å²) >= 11 is 0. The maximum Gasteiger partial charge on any atom is 0.253 e. The molecule has 3 aliphatic heterocycles. The van der Waals surface area contributed by atoms with E-state index in [4.69, 9.17) is 4.74 Å². The molecular weight excluding hydrogens is 359 g/mol. The van der Waals surface area contributed by atoms with E-state index < -0.39 is 0 Å². The summed E-state index contributed by atoms with van der Waals surface area (Å²) in [5.74, 6) is 0.246. The molecule has 5 rings (SSSR count). The van der Waals surface area contributed by atoms with E-state index >= 15 is 0 Å². The molecule has 2 bridgehead atoms. The highest BCUT2D eigenvalue weighted by Gasteiger charge is 2.40. The molecule has 3 aliphatic rings. The van der Waals surface area contributed by atoms with Gasteiger partial charge in [0.25, 0.3) is 5.91 Å². The molecule has 0 N–H and O–H groups in total. The van der Waals surface area contributed by atoms with Gasteiger partial charge in [-0.15, -0.1) is 0 Å². The lowest BCUT2D eigenvalue weighted by atomic mass is 9.95. The zero-order valence-electron chi connectivity index (χ0n) is 15.8. The van der Waals surface area contributed by atoms with Crippen LogP contribution in [-0.4, -0.2) is 47.8 Å². The van der Waals surface area contributed by atoms with Gasteiger partial charge in [-0.05, 0) is 43.2 Å². The second-order valence-electron chi connectivity index (χ2n) is 7.49. The van der Waals surface area contributed by atoms with Gasteiger partial charge in [-0.3, -0.25) is 9.59 Å². The van der Waals surface area contributed by atoms with Gasteiger partial charge in [-0.2, -0.15) is 0 Å². The number of fused-ring (bicyclic) bond motifs is 4. The molecule has 0 saturated carbocycles. The molecular formula is C22H23FN2O3. The van der Waals surface area contributed by atoms with Gasteiger partial charge in [0.15, 0.2) is 0 Å². The Balaban J connectivity index is 1.42. The van der Waals surface area contributed by atoms with Crippen LogP contribution in [0.2, 0.25) is 0 Å². The van der Waals surface area contributed by atoms with Gasteiger partial charge >= 0.3 is 0 Å². The number of carbonyl (C=O) groups is 2. The molecule has 146 valence electrons. The maximum atomic E-state index is 13.7. The summed E-state index contributed by atoms with van der Waals surface area (Å²) in [7, 11) is 1.83. The fourth-order valence-corrected chi connectivity index (χ4v) is 3.98. The fourth-order valence-electron chi connectivity index (χ4n) is 3.98. The topological polar surface area (TPSA) is 49.9 Å². The van der Waals surface area contributed by atoms with Gasteiger partial charge in [-0.25, -0.2) is 4.39 Å². The Hall–Kier alpha value is -2.89. The molecule has 6 heteroatoms. The second kappa shape index (κ2) is 7.62. The minimum atomic E-state index is -0.301. The number of piperidine rings is 1. The average molecular weight is 382 g/mol. The summed E-state index contributed by atoms with van der Waals surface area (Å²) in [5.41, 5.74) is 1.05. The SMILES string of the molecule is CN1C(=O)[C@H]2CC[C@@H]1CN(C(=O)c1ccc(OCc3ccccc3F)cc1)C2. The van der Waals surface area contributed by atoms with E-state index in [9.17, 15) is 14.0 Å². The van der Waals surface area contributed by atoms with Crippen LogP contribution in [0.25, 0.3) is 0 Å². The summed E-state index contributed by atoms with van der Waals surface area (Å²) in [5, 5.41) is 0. The van der Waals surface area contributed by atoms with Crippen molar-refractivity contribution in [1.29, 1.82) is 0 Å². The molecule has 2 amide bonds. The standard InChI is InChI=1S/C22H23FN2O3/c1-24-18-9-6-16(21(24)26)12-25(13-18)22(27)15-7-10-19(11-8-15)28-14-17-4-2-3-5-20(17)23/h2-5,7-8,10-11,16,18H,6,9,12-14H2,1H3/t16-,18+/m0/s1. The number of carbonyl (C=O) groups excluding carboxylic acids is 2. The highest BCUT2D eigenvalue weighted by molar-refractivity contribution is 5.95. The van der Waals surface area contributed by atoms with E-state index in [0.29, 0.717) is 30.0 Å². The molecule has 2 aromatic carbocycles. The van der Waals surface area contributed by atoms with Crippen molar-refractivity contribution < 1.29 is 18.7 Å². The van der Waals surface area contributed by atoms with E-state index in [1.54, 1.807) is 52.3 Å². The van der Waals surface area contributed by atoms with Crippen molar-refractivity contribution in [3.8, 4) is 5.75 Å². The molecule has 0 spiro atoms. The van der Waals surface area contributed by atoms with Crippen LogP contribution in [0.3, 0.4) is 0 Å². The number of benzene rings is 2. The van der Waals surface area contributed by atoms with Crippen LogP contribution in [0.15, 0.2) is 48.5 Å². The molecule has 2 atom stereocenters. The third kappa shape index (κ3) is 3.59. The molecule has 0 unspecified atom stereocenters. The Labute approximate surface area is 163 Å². The van der Waals surface area contributed by atoms with Crippen molar-refractivity contribution in [2.75, 3.05) is 20.1 Å². The van der Waals surface area contributed by atoms with Crippen molar-refractivity contribution in [2.45, 2.75) is 25.5 Å². The van der Waals surface area contributed by atoms with Gasteiger partial charge in [0.05, 0.1) is 5.92 Å². The Morgan fingerprint density at radius 2 is 1.86 bits per heavy atom. The van der Waals surface area contributed by atoms with Crippen molar-refractivity contribution in [3.05, 3.63) is 65.5 Å². The highest BCUT2D eigenvalue weighted by Crippen LogP contribution is 2.29. The lowest BCUT2D eigenvalue weighted by molar-refractivity contribution is -0.138. The van der Waals surface area contributed by atoms with E-state index in [0.717, 1.165) is 12.8 Å². The molecule has 0 aliphatic carbocycles. The van der Waals surface area contributed by atoms with Crippen LogP contribution in [-0.2, 0) is 11.4 Å². The lowest BCUT2D eigenvalue weighted by Crippen LogP contribution is -2.45. The van der Waals surface area contributed by atoms with E-state index in [-0.39, 0.29) is 36.2 Å². The number of hydrogen-bond acceptors (Lipinski definition) is 3. The summed E-state index contributed by atoms with van der Waals surface area (Å²) in [6.07, 6.45) is 1.79. The lowest BCUT2D eigenvalue weighted by Gasteiger charge is -2.32. The fraction of sp³-hybridized carbons (Fsp3) is 0.364. The van der Waals surface area contributed by atoms with E-state index in [1.165, 1.54) is 6.07 Å². The normalized spacial score (nSPS) is 21.6. The van der Waals surface area contributed by atoms with Crippen LogP contribution in [0.5, 0.6) is 5.75 Å². The number of rotatable bonds is 4.